The normalized spacial score (nSPS) is 37.3. The van der Waals surface area contributed by atoms with E-state index in [9.17, 15) is 9.59 Å². The lowest BCUT2D eigenvalue weighted by Gasteiger charge is -2.27. The van der Waals surface area contributed by atoms with Gasteiger partial charge in [-0.25, -0.2) is 4.79 Å². The maximum atomic E-state index is 11.5. The number of hydrogen-bond acceptors (Lipinski definition) is 4. The van der Waals surface area contributed by atoms with Crippen molar-refractivity contribution in [3.8, 4) is 0 Å². The topological polar surface area (TPSA) is 52.6 Å². The molecule has 0 radical (unpaired) electrons. The Morgan fingerprint density at radius 2 is 1.70 bits per heavy atom. The van der Waals surface area contributed by atoms with Gasteiger partial charge in [-0.3, -0.25) is 4.79 Å². The first-order chi connectivity index (χ1) is 13.8. The third kappa shape index (κ3) is 4.63. The van der Waals surface area contributed by atoms with Crippen LogP contribution < -0.4 is 0 Å². The largest absolute Gasteiger partial charge is 0.469 e. The number of esters is 2. The monoisotopic (exact) mass is 414 g/mol. The van der Waals surface area contributed by atoms with Crippen molar-refractivity contribution in [3.63, 3.8) is 0 Å². The van der Waals surface area contributed by atoms with Crippen LogP contribution in [-0.2, 0) is 19.1 Å². The van der Waals surface area contributed by atoms with Gasteiger partial charge < -0.3 is 9.47 Å². The van der Waals surface area contributed by atoms with E-state index < -0.39 is 0 Å². The molecule has 5 aliphatic rings. The molecular formula is C26H38O4. The molecule has 30 heavy (non-hydrogen) atoms. The summed E-state index contributed by atoms with van der Waals surface area (Å²) in [5.74, 6) is 4.48. The first-order valence-electron chi connectivity index (χ1n) is 10.7. The highest BCUT2D eigenvalue weighted by atomic mass is 16.5. The zero-order chi connectivity index (χ0) is 21.2. The van der Waals surface area contributed by atoms with Crippen LogP contribution in [0.1, 0.15) is 47.0 Å². The van der Waals surface area contributed by atoms with E-state index in [0.29, 0.717) is 17.4 Å². The Balaban J connectivity index is 0.000000164. The van der Waals surface area contributed by atoms with E-state index in [4.69, 9.17) is 4.74 Å². The molecule has 4 nitrogen and oxygen atoms in total. The number of methoxy groups -OCH3 is 2. The van der Waals surface area contributed by atoms with Crippen molar-refractivity contribution in [1.29, 1.82) is 0 Å². The van der Waals surface area contributed by atoms with Crippen LogP contribution >= 0.6 is 0 Å². The molecule has 7 atom stereocenters. The van der Waals surface area contributed by atoms with E-state index in [2.05, 4.69) is 47.8 Å². The van der Waals surface area contributed by atoms with Crippen molar-refractivity contribution in [2.24, 2.45) is 40.9 Å². The van der Waals surface area contributed by atoms with E-state index in [1.807, 2.05) is 6.92 Å². The van der Waals surface area contributed by atoms with Crippen LogP contribution in [-0.4, -0.2) is 26.2 Å². The van der Waals surface area contributed by atoms with Gasteiger partial charge in [0.2, 0.25) is 0 Å². The second-order valence-corrected chi connectivity index (χ2v) is 9.23. The van der Waals surface area contributed by atoms with Crippen LogP contribution in [0.2, 0.25) is 0 Å². The van der Waals surface area contributed by atoms with Crippen molar-refractivity contribution in [1.82, 2.24) is 0 Å². The molecule has 4 bridgehead atoms. The molecule has 0 amide bonds. The zero-order valence-corrected chi connectivity index (χ0v) is 18.1. The summed E-state index contributed by atoms with van der Waals surface area (Å²) in [6, 6.07) is 0. The Morgan fingerprint density at radius 1 is 1.00 bits per heavy atom. The fourth-order valence-electron chi connectivity index (χ4n) is 5.71. The Morgan fingerprint density at radius 3 is 2.17 bits per heavy atom. The summed E-state index contributed by atoms with van der Waals surface area (Å²) in [4.78, 5) is 21.7. The summed E-state index contributed by atoms with van der Waals surface area (Å²) < 4.78 is 9.09. The molecule has 7 unspecified atom stereocenters. The van der Waals surface area contributed by atoms with Crippen LogP contribution in [0.25, 0.3) is 0 Å². The Labute approximate surface area is 182 Å². The predicted octanol–water partition coefficient (Wildman–Crippen LogP) is 5.52. The van der Waals surface area contributed by atoms with Gasteiger partial charge in [0.15, 0.2) is 0 Å². The molecule has 2 fully saturated rings. The van der Waals surface area contributed by atoms with Crippen molar-refractivity contribution in [2.45, 2.75) is 47.0 Å². The molecule has 4 heteroatoms. The Bertz CT molecular complexity index is 746. The highest BCUT2D eigenvalue weighted by Gasteiger charge is 2.50. The van der Waals surface area contributed by atoms with Crippen molar-refractivity contribution >= 4 is 11.9 Å². The summed E-state index contributed by atoms with van der Waals surface area (Å²) in [6.07, 6.45) is 19.0. The summed E-state index contributed by atoms with van der Waals surface area (Å²) in [6.45, 7) is 6.98. The average Bonchev–Trinajstić information content (AvgIpc) is 3.51. The van der Waals surface area contributed by atoms with Gasteiger partial charge in [-0.15, -0.1) is 0 Å². The van der Waals surface area contributed by atoms with Crippen molar-refractivity contribution in [2.75, 3.05) is 14.2 Å². The fraction of sp³-hybridized carbons (Fsp3) is 0.615. The van der Waals surface area contributed by atoms with Gasteiger partial charge in [-0.05, 0) is 75.0 Å². The maximum Gasteiger partial charge on any atom is 0.332 e. The van der Waals surface area contributed by atoms with Gasteiger partial charge in [0, 0.05) is 5.57 Å². The average molecular weight is 415 g/mol. The highest BCUT2D eigenvalue weighted by molar-refractivity contribution is 5.86. The summed E-state index contributed by atoms with van der Waals surface area (Å²) >= 11 is 0. The van der Waals surface area contributed by atoms with Crippen LogP contribution in [0.4, 0.5) is 0 Å². The molecule has 5 rings (SSSR count). The third-order valence-electron chi connectivity index (χ3n) is 7.32. The van der Waals surface area contributed by atoms with E-state index in [-0.39, 0.29) is 24.8 Å². The number of carbonyl (C=O) groups excluding carboxylic acids is 2. The summed E-state index contributed by atoms with van der Waals surface area (Å²) in [7, 11) is 2.81. The van der Waals surface area contributed by atoms with Gasteiger partial charge >= 0.3 is 11.9 Å². The van der Waals surface area contributed by atoms with Gasteiger partial charge in [0.05, 0.1) is 19.6 Å². The molecule has 0 aromatic rings. The molecule has 0 heterocycles. The Hall–Kier alpha value is -2.10. The Kier molecular flexibility index (Phi) is 7.90. The van der Waals surface area contributed by atoms with Gasteiger partial charge in [-0.2, -0.15) is 0 Å². The quantitative estimate of drug-likeness (QED) is 0.339. The lowest BCUT2D eigenvalue weighted by molar-refractivity contribution is -0.153. The molecular weight excluding hydrogens is 376 g/mol. The van der Waals surface area contributed by atoms with E-state index in [1.54, 1.807) is 6.92 Å². The van der Waals surface area contributed by atoms with Crippen LogP contribution in [0.15, 0.2) is 48.6 Å². The van der Waals surface area contributed by atoms with Gasteiger partial charge in [-0.1, -0.05) is 50.5 Å². The zero-order valence-electron chi connectivity index (χ0n) is 18.1. The minimum atomic E-state index is -0.347. The van der Waals surface area contributed by atoms with E-state index >= 15 is 0 Å². The minimum Gasteiger partial charge on any atom is -0.469 e. The van der Waals surface area contributed by atoms with E-state index in [0.717, 1.165) is 36.5 Å². The number of ether oxygens (including phenoxy) is 2. The first-order valence-corrected chi connectivity index (χ1v) is 10.7. The SMILES string of the molecule is C.C1=CC2C3C=CC(C3)C2C1.C=C(C)C(=O)OC.COC(=O)C1(C)CC2C=CC1C2. The lowest BCUT2D eigenvalue weighted by Crippen LogP contribution is -2.32. The lowest BCUT2D eigenvalue weighted by atomic mass is 9.78. The molecule has 0 aliphatic heterocycles. The molecule has 5 aliphatic carbocycles. The first kappa shape index (κ1) is 24.2. The van der Waals surface area contributed by atoms with Crippen LogP contribution in [0.5, 0.6) is 0 Å². The van der Waals surface area contributed by atoms with E-state index in [1.165, 1.54) is 27.1 Å². The fourth-order valence-corrected chi connectivity index (χ4v) is 5.71. The number of allylic oxidation sites excluding steroid dienone is 6. The second-order valence-electron chi connectivity index (χ2n) is 9.23. The molecule has 166 valence electrons. The van der Waals surface area contributed by atoms with Gasteiger partial charge in [0.25, 0.3) is 0 Å². The van der Waals surface area contributed by atoms with Crippen LogP contribution in [0.3, 0.4) is 0 Å². The smallest absolute Gasteiger partial charge is 0.332 e. The van der Waals surface area contributed by atoms with Crippen molar-refractivity contribution < 1.29 is 19.1 Å². The molecule has 0 aromatic heterocycles. The third-order valence-corrected chi connectivity index (χ3v) is 7.32. The number of carbonyl (C=O) groups is 2. The minimum absolute atomic E-state index is 0. The second kappa shape index (κ2) is 9.80. The molecule has 0 saturated heterocycles. The number of hydrogen-bond donors (Lipinski definition) is 0. The maximum absolute atomic E-state index is 11.5. The highest BCUT2D eigenvalue weighted by Crippen LogP contribution is 2.53. The van der Waals surface area contributed by atoms with Crippen molar-refractivity contribution in [3.05, 3.63) is 48.6 Å². The summed E-state index contributed by atoms with van der Waals surface area (Å²) in [5, 5.41) is 0. The number of rotatable bonds is 2. The summed E-state index contributed by atoms with van der Waals surface area (Å²) in [5.41, 5.74) is 0.205. The molecule has 2 saturated carbocycles. The van der Waals surface area contributed by atoms with Gasteiger partial charge in [0.1, 0.15) is 0 Å². The standard InChI is InChI=1S/C10H14O2.C10H12.C5H8O2.CH4/c1-10(9(11)12-2)6-7-3-4-8(10)5-7;1-2-9-7-4-5-8(6-7)10(9)3-1;1-4(2)5(6)7-3;/h3-4,7-8H,5-6H2,1-2H3;1-2,4-5,7-10H,3,6H2;1H2,2-3H3;1H4. The van der Waals surface area contributed by atoms with Crippen LogP contribution in [0, 0.1) is 40.9 Å². The molecule has 0 N–H and O–H groups in total. The number of fused-ring (bicyclic) bond motifs is 7. The predicted molar refractivity (Wildman–Crippen MR) is 121 cm³/mol. The molecule has 0 spiro atoms. The molecule has 0 aromatic carbocycles.